The fourth-order valence-electron chi connectivity index (χ4n) is 2.04. The molecule has 3 heteroatoms. The van der Waals surface area contributed by atoms with Crippen molar-refractivity contribution in [3.05, 3.63) is 70.0 Å². The van der Waals surface area contributed by atoms with Crippen LogP contribution in [0.15, 0.2) is 42.5 Å². The minimum absolute atomic E-state index is 0.0973. The molecule has 0 aliphatic rings. The standard InChI is InChI=1S/C16H15Cl2F/c1-2-4-11-7-9-12(10-8-11)15(17)13-5-3-6-14(19)16(13)18/h3,5-10,15H,2,4H2,1H3. The van der Waals surface area contributed by atoms with Crippen LogP contribution in [-0.4, -0.2) is 0 Å². The van der Waals surface area contributed by atoms with Gasteiger partial charge in [0.1, 0.15) is 5.82 Å². The fraction of sp³-hybridized carbons (Fsp3) is 0.250. The van der Waals surface area contributed by atoms with Crippen molar-refractivity contribution in [3.8, 4) is 0 Å². The molecule has 2 aromatic rings. The van der Waals surface area contributed by atoms with Gasteiger partial charge in [-0.1, -0.05) is 61.3 Å². The molecule has 0 saturated heterocycles. The SMILES string of the molecule is CCCc1ccc(C(Cl)c2cccc(F)c2Cl)cc1. The molecule has 0 fully saturated rings. The molecule has 0 N–H and O–H groups in total. The van der Waals surface area contributed by atoms with E-state index in [0.717, 1.165) is 18.4 Å². The Bertz CT molecular complexity index is 549. The minimum atomic E-state index is -0.438. The Morgan fingerprint density at radius 3 is 2.42 bits per heavy atom. The third kappa shape index (κ3) is 3.29. The van der Waals surface area contributed by atoms with E-state index >= 15 is 0 Å². The van der Waals surface area contributed by atoms with E-state index in [1.807, 2.05) is 12.1 Å². The lowest BCUT2D eigenvalue weighted by Gasteiger charge is -2.13. The van der Waals surface area contributed by atoms with E-state index in [1.165, 1.54) is 11.6 Å². The molecule has 1 unspecified atom stereocenters. The second kappa shape index (κ2) is 6.40. The number of alkyl halides is 1. The Labute approximate surface area is 123 Å². The van der Waals surface area contributed by atoms with E-state index < -0.39 is 11.2 Å². The molecule has 0 aromatic heterocycles. The predicted molar refractivity (Wildman–Crippen MR) is 79.5 cm³/mol. The van der Waals surface area contributed by atoms with Crippen LogP contribution < -0.4 is 0 Å². The van der Waals surface area contributed by atoms with Gasteiger partial charge in [-0.3, -0.25) is 0 Å². The van der Waals surface area contributed by atoms with Crippen molar-refractivity contribution in [3.63, 3.8) is 0 Å². The summed E-state index contributed by atoms with van der Waals surface area (Å²) < 4.78 is 13.4. The summed E-state index contributed by atoms with van der Waals surface area (Å²) in [6, 6.07) is 12.8. The van der Waals surface area contributed by atoms with Crippen molar-refractivity contribution in [2.45, 2.75) is 25.1 Å². The zero-order valence-electron chi connectivity index (χ0n) is 10.7. The maximum atomic E-state index is 13.4. The monoisotopic (exact) mass is 296 g/mol. The van der Waals surface area contributed by atoms with Gasteiger partial charge in [0, 0.05) is 0 Å². The third-order valence-electron chi connectivity index (χ3n) is 3.07. The van der Waals surface area contributed by atoms with E-state index in [2.05, 4.69) is 19.1 Å². The zero-order valence-corrected chi connectivity index (χ0v) is 12.2. The molecule has 100 valence electrons. The van der Waals surface area contributed by atoms with E-state index in [4.69, 9.17) is 23.2 Å². The number of aryl methyl sites for hydroxylation is 1. The second-order valence-electron chi connectivity index (χ2n) is 4.50. The van der Waals surface area contributed by atoms with Crippen molar-refractivity contribution >= 4 is 23.2 Å². The van der Waals surface area contributed by atoms with Crippen LogP contribution in [-0.2, 0) is 6.42 Å². The molecule has 0 amide bonds. The Hall–Kier alpha value is -1.05. The molecule has 0 saturated carbocycles. The first-order chi connectivity index (χ1) is 9.13. The van der Waals surface area contributed by atoms with Crippen molar-refractivity contribution in [2.24, 2.45) is 0 Å². The van der Waals surface area contributed by atoms with Crippen LogP contribution in [0.3, 0.4) is 0 Å². The van der Waals surface area contributed by atoms with E-state index in [0.29, 0.717) is 5.56 Å². The summed E-state index contributed by atoms with van der Waals surface area (Å²) in [5, 5.41) is -0.334. The van der Waals surface area contributed by atoms with Gasteiger partial charge in [-0.05, 0) is 29.2 Å². The highest BCUT2D eigenvalue weighted by Gasteiger charge is 2.16. The van der Waals surface area contributed by atoms with Crippen LogP contribution in [0.5, 0.6) is 0 Å². The Morgan fingerprint density at radius 1 is 1.11 bits per heavy atom. The van der Waals surface area contributed by atoms with Gasteiger partial charge in [0.15, 0.2) is 0 Å². The van der Waals surface area contributed by atoms with Crippen molar-refractivity contribution < 1.29 is 4.39 Å². The number of halogens is 3. The first kappa shape index (κ1) is 14.4. The molecule has 2 rings (SSSR count). The van der Waals surface area contributed by atoms with Crippen LogP contribution in [0.1, 0.15) is 35.4 Å². The van der Waals surface area contributed by atoms with Gasteiger partial charge in [-0.2, -0.15) is 0 Å². The Morgan fingerprint density at radius 2 is 1.79 bits per heavy atom. The molecule has 2 aromatic carbocycles. The van der Waals surface area contributed by atoms with Crippen LogP contribution in [0.2, 0.25) is 5.02 Å². The fourth-order valence-corrected chi connectivity index (χ4v) is 2.66. The molecule has 1 atom stereocenters. The molecular weight excluding hydrogens is 282 g/mol. The Kier molecular flexibility index (Phi) is 4.84. The van der Waals surface area contributed by atoms with Crippen molar-refractivity contribution in [1.82, 2.24) is 0 Å². The van der Waals surface area contributed by atoms with Crippen molar-refractivity contribution in [1.29, 1.82) is 0 Å². The van der Waals surface area contributed by atoms with Crippen LogP contribution in [0.25, 0.3) is 0 Å². The lowest BCUT2D eigenvalue weighted by molar-refractivity contribution is 0.626. The lowest BCUT2D eigenvalue weighted by Crippen LogP contribution is -1.96. The average Bonchev–Trinajstić information content (AvgIpc) is 2.42. The number of hydrogen-bond donors (Lipinski definition) is 0. The smallest absolute Gasteiger partial charge is 0.142 e. The maximum absolute atomic E-state index is 13.4. The van der Waals surface area contributed by atoms with Gasteiger partial charge in [0.25, 0.3) is 0 Å². The maximum Gasteiger partial charge on any atom is 0.142 e. The summed E-state index contributed by atoms with van der Waals surface area (Å²) in [6.07, 6.45) is 2.16. The van der Waals surface area contributed by atoms with Crippen LogP contribution in [0, 0.1) is 5.82 Å². The minimum Gasteiger partial charge on any atom is -0.205 e. The molecule has 0 heterocycles. The summed E-state index contributed by atoms with van der Waals surface area (Å²) in [7, 11) is 0. The highest BCUT2D eigenvalue weighted by molar-refractivity contribution is 6.33. The largest absolute Gasteiger partial charge is 0.205 e. The van der Waals surface area contributed by atoms with Gasteiger partial charge in [0.2, 0.25) is 0 Å². The zero-order chi connectivity index (χ0) is 13.8. The normalized spacial score (nSPS) is 12.4. The second-order valence-corrected chi connectivity index (χ2v) is 5.31. The quantitative estimate of drug-likeness (QED) is 0.629. The van der Waals surface area contributed by atoms with Gasteiger partial charge in [-0.15, -0.1) is 11.6 Å². The highest BCUT2D eigenvalue weighted by Crippen LogP contribution is 2.34. The first-order valence-corrected chi connectivity index (χ1v) is 7.11. The number of hydrogen-bond acceptors (Lipinski definition) is 0. The van der Waals surface area contributed by atoms with E-state index in [1.54, 1.807) is 12.1 Å². The summed E-state index contributed by atoms with van der Waals surface area (Å²) >= 11 is 12.3. The molecule has 19 heavy (non-hydrogen) atoms. The number of rotatable bonds is 4. The molecule has 0 aliphatic heterocycles. The summed E-state index contributed by atoms with van der Waals surface area (Å²) in [4.78, 5) is 0. The third-order valence-corrected chi connectivity index (χ3v) is 3.95. The lowest BCUT2D eigenvalue weighted by atomic mass is 10.0. The van der Waals surface area contributed by atoms with Gasteiger partial charge in [0.05, 0.1) is 10.4 Å². The van der Waals surface area contributed by atoms with Crippen LogP contribution in [0.4, 0.5) is 4.39 Å². The van der Waals surface area contributed by atoms with Gasteiger partial charge < -0.3 is 0 Å². The molecule has 0 spiro atoms. The first-order valence-electron chi connectivity index (χ1n) is 6.30. The predicted octanol–water partition coefficient (Wildman–Crippen LogP) is 5.76. The Balaban J connectivity index is 2.28. The summed E-state index contributed by atoms with van der Waals surface area (Å²) in [6.45, 7) is 2.14. The average molecular weight is 297 g/mol. The van der Waals surface area contributed by atoms with Crippen LogP contribution >= 0.6 is 23.2 Å². The van der Waals surface area contributed by atoms with Gasteiger partial charge in [-0.25, -0.2) is 4.39 Å². The molecule has 0 aliphatic carbocycles. The summed E-state index contributed by atoms with van der Waals surface area (Å²) in [5.41, 5.74) is 2.81. The van der Waals surface area contributed by atoms with E-state index in [-0.39, 0.29) is 5.02 Å². The van der Waals surface area contributed by atoms with Gasteiger partial charge >= 0.3 is 0 Å². The highest BCUT2D eigenvalue weighted by atomic mass is 35.5. The topological polar surface area (TPSA) is 0 Å². The molecule has 0 bridgehead atoms. The number of benzene rings is 2. The van der Waals surface area contributed by atoms with E-state index in [9.17, 15) is 4.39 Å². The molecular formula is C16H15Cl2F. The molecule has 0 radical (unpaired) electrons. The molecule has 0 nitrogen and oxygen atoms in total. The summed E-state index contributed by atoms with van der Waals surface area (Å²) in [5.74, 6) is -0.438. The van der Waals surface area contributed by atoms with Crippen molar-refractivity contribution in [2.75, 3.05) is 0 Å².